The third kappa shape index (κ3) is 3.07. The second kappa shape index (κ2) is 7.27. The number of ether oxygens (including phenoxy) is 1. The smallest absolute Gasteiger partial charge is 0.419 e. The van der Waals surface area contributed by atoms with E-state index in [4.69, 9.17) is 9.15 Å². The van der Waals surface area contributed by atoms with Crippen molar-refractivity contribution in [3.8, 4) is 0 Å². The molecule has 1 aromatic carbocycles. The Kier molecular flexibility index (Phi) is 4.85. The van der Waals surface area contributed by atoms with Crippen LogP contribution in [0.4, 0.5) is 0 Å². The van der Waals surface area contributed by atoms with Gasteiger partial charge in [0.2, 0.25) is 0 Å². The van der Waals surface area contributed by atoms with Gasteiger partial charge in [-0.1, -0.05) is 25.0 Å². The maximum Gasteiger partial charge on any atom is 0.419 e. The zero-order chi connectivity index (χ0) is 18.1. The number of carbonyl (C=O) groups excluding carboxylic acids is 1. The van der Waals surface area contributed by atoms with Crippen molar-refractivity contribution >= 4 is 17.1 Å². The summed E-state index contributed by atoms with van der Waals surface area (Å²) in [4.78, 5) is 26.7. The number of aromatic nitrogens is 1. The van der Waals surface area contributed by atoms with Crippen LogP contribution in [0, 0.1) is 5.92 Å². The molecule has 2 aromatic rings. The normalized spacial score (nSPS) is 26.1. The average molecular weight is 358 g/mol. The number of hydrogen-bond acceptors (Lipinski definition) is 5. The fourth-order valence-corrected chi connectivity index (χ4v) is 4.88. The van der Waals surface area contributed by atoms with Crippen LogP contribution in [-0.2, 0) is 16.1 Å². The summed E-state index contributed by atoms with van der Waals surface area (Å²) in [5.41, 5.74) is 1.46. The standard InChI is InChI=1S/C20H26N2O4/c1-25-19(23)17-13-14-7-2-3-8-15(14)21(17)11-6-12-22-16-9-4-5-10-18(16)26-20(22)24/h4-5,9-10,14-15,17H,2-3,6-8,11-13H2,1H3/t14-,15-,17+/m1/s1. The van der Waals surface area contributed by atoms with Crippen molar-refractivity contribution < 1.29 is 13.9 Å². The molecule has 1 saturated heterocycles. The largest absolute Gasteiger partial charge is 0.468 e. The number of esters is 1. The first-order chi connectivity index (χ1) is 12.7. The van der Waals surface area contributed by atoms with Gasteiger partial charge < -0.3 is 9.15 Å². The van der Waals surface area contributed by atoms with E-state index in [2.05, 4.69) is 4.90 Å². The third-order valence-electron chi connectivity index (χ3n) is 6.07. The highest BCUT2D eigenvalue weighted by Gasteiger charge is 2.45. The maximum atomic E-state index is 12.3. The monoisotopic (exact) mass is 358 g/mol. The molecule has 1 aromatic heterocycles. The molecule has 0 radical (unpaired) electrons. The highest BCUT2D eigenvalue weighted by Crippen LogP contribution is 2.40. The highest BCUT2D eigenvalue weighted by atomic mass is 16.5. The van der Waals surface area contributed by atoms with Crippen LogP contribution in [0.1, 0.15) is 38.5 Å². The lowest BCUT2D eigenvalue weighted by molar-refractivity contribution is -0.146. The van der Waals surface area contributed by atoms with Gasteiger partial charge in [0.05, 0.1) is 12.6 Å². The number of fused-ring (bicyclic) bond motifs is 2. The Morgan fingerprint density at radius 3 is 2.88 bits per heavy atom. The molecular weight excluding hydrogens is 332 g/mol. The van der Waals surface area contributed by atoms with Crippen LogP contribution in [0.15, 0.2) is 33.5 Å². The summed E-state index contributed by atoms with van der Waals surface area (Å²) < 4.78 is 12.0. The van der Waals surface area contributed by atoms with Gasteiger partial charge in [-0.15, -0.1) is 0 Å². The molecule has 3 atom stereocenters. The highest BCUT2D eigenvalue weighted by molar-refractivity contribution is 5.76. The summed E-state index contributed by atoms with van der Waals surface area (Å²) in [6.45, 7) is 1.39. The molecule has 0 N–H and O–H groups in total. The molecule has 1 saturated carbocycles. The van der Waals surface area contributed by atoms with Gasteiger partial charge in [0, 0.05) is 19.1 Å². The minimum absolute atomic E-state index is 0.120. The molecule has 140 valence electrons. The summed E-state index contributed by atoms with van der Waals surface area (Å²) in [6.07, 6.45) is 6.58. The van der Waals surface area contributed by atoms with Crippen molar-refractivity contribution in [3.63, 3.8) is 0 Å². The Labute approximate surface area is 152 Å². The minimum Gasteiger partial charge on any atom is -0.468 e. The summed E-state index contributed by atoms with van der Waals surface area (Å²) in [5.74, 6) is 0.170. The zero-order valence-electron chi connectivity index (χ0n) is 15.2. The van der Waals surface area contributed by atoms with Crippen molar-refractivity contribution in [3.05, 3.63) is 34.8 Å². The second-order valence-corrected chi connectivity index (χ2v) is 7.47. The molecule has 1 aliphatic carbocycles. The third-order valence-corrected chi connectivity index (χ3v) is 6.07. The molecule has 6 heteroatoms. The van der Waals surface area contributed by atoms with Crippen LogP contribution in [-0.4, -0.2) is 41.2 Å². The van der Waals surface area contributed by atoms with Crippen LogP contribution in [0.2, 0.25) is 0 Å². The van der Waals surface area contributed by atoms with E-state index in [9.17, 15) is 9.59 Å². The number of aryl methyl sites for hydroxylation is 1. The number of rotatable bonds is 5. The van der Waals surface area contributed by atoms with Crippen LogP contribution >= 0.6 is 0 Å². The van der Waals surface area contributed by atoms with Crippen molar-refractivity contribution in [1.82, 2.24) is 9.47 Å². The maximum absolute atomic E-state index is 12.3. The van der Waals surface area contributed by atoms with Crippen LogP contribution in [0.3, 0.4) is 0 Å². The van der Waals surface area contributed by atoms with Gasteiger partial charge in [0.25, 0.3) is 0 Å². The van der Waals surface area contributed by atoms with Gasteiger partial charge in [0.15, 0.2) is 5.58 Å². The fraction of sp³-hybridized carbons (Fsp3) is 0.600. The van der Waals surface area contributed by atoms with Gasteiger partial charge in [-0.25, -0.2) is 4.79 Å². The average Bonchev–Trinajstić information content (AvgIpc) is 3.19. The fourth-order valence-electron chi connectivity index (χ4n) is 4.88. The van der Waals surface area contributed by atoms with Crippen LogP contribution < -0.4 is 5.76 Å². The van der Waals surface area contributed by atoms with E-state index in [1.807, 2.05) is 24.3 Å². The van der Waals surface area contributed by atoms with Gasteiger partial charge in [-0.05, 0) is 43.7 Å². The van der Waals surface area contributed by atoms with Gasteiger partial charge in [-0.2, -0.15) is 0 Å². The Morgan fingerprint density at radius 1 is 1.23 bits per heavy atom. The summed E-state index contributed by atoms with van der Waals surface area (Å²) in [7, 11) is 1.47. The minimum atomic E-state index is -0.312. The lowest BCUT2D eigenvalue weighted by Crippen LogP contribution is -2.43. The van der Waals surface area contributed by atoms with Gasteiger partial charge >= 0.3 is 11.7 Å². The molecular formula is C20H26N2O4. The molecule has 26 heavy (non-hydrogen) atoms. The van der Waals surface area contributed by atoms with Gasteiger partial charge in [0.1, 0.15) is 6.04 Å². The number of oxazole rings is 1. The van der Waals surface area contributed by atoms with E-state index < -0.39 is 0 Å². The number of benzene rings is 1. The molecule has 0 amide bonds. The first-order valence-corrected chi connectivity index (χ1v) is 9.61. The van der Waals surface area contributed by atoms with Crippen LogP contribution in [0.25, 0.3) is 11.1 Å². The zero-order valence-corrected chi connectivity index (χ0v) is 15.2. The molecule has 2 fully saturated rings. The van der Waals surface area contributed by atoms with E-state index in [-0.39, 0.29) is 17.8 Å². The molecule has 2 aliphatic rings. The van der Waals surface area contributed by atoms with E-state index >= 15 is 0 Å². The number of nitrogens with zero attached hydrogens (tertiary/aromatic N) is 2. The van der Waals surface area contributed by atoms with Crippen molar-refractivity contribution in [1.29, 1.82) is 0 Å². The van der Waals surface area contributed by atoms with E-state index in [0.29, 0.717) is 24.1 Å². The Bertz CT molecular complexity index is 840. The first-order valence-electron chi connectivity index (χ1n) is 9.61. The number of para-hydroxylation sites is 2. The molecule has 0 spiro atoms. The number of methoxy groups -OCH3 is 1. The van der Waals surface area contributed by atoms with Crippen molar-refractivity contribution in [2.45, 2.75) is 57.2 Å². The summed E-state index contributed by atoms with van der Waals surface area (Å²) >= 11 is 0. The Balaban J connectivity index is 1.47. The SMILES string of the molecule is COC(=O)[C@@H]1C[C@H]2CCCC[C@H]2N1CCCn1c(=O)oc2ccccc21. The second-order valence-electron chi connectivity index (χ2n) is 7.47. The summed E-state index contributed by atoms with van der Waals surface area (Å²) in [5, 5.41) is 0. The number of likely N-dealkylation sites (tertiary alicyclic amines) is 1. The van der Waals surface area contributed by atoms with E-state index in [0.717, 1.165) is 31.3 Å². The lowest BCUT2D eigenvalue weighted by atomic mass is 9.85. The van der Waals surface area contributed by atoms with E-state index in [1.54, 1.807) is 4.57 Å². The number of hydrogen-bond donors (Lipinski definition) is 0. The quantitative estimate of drug-likeness (QED) is 0.769. The topological polar surface area (TPSA) is 64.7 Å². The van der Waals surface area contributed by atoms with Crippen LogP contribution in [0.5, 0.6) is 0 Å². The van der Waals surface area contributed by atoms with Crippen molar-refractivity contribution in [2.24, 2.45) is 5.92 Å². The predicted molar refractivity (Wildman–Crippen MR) is 98.0 cm³/mol. The molecule has 4 rings (SSSR count). The Morgan fingerprint density at radius 2 is 2.04 bits per heavy atom. The first kappa shape index (κ1) is 17.3. The van der Waals surface area contributed by atoms with Crippen molar-refractivity contribution in [2.75, 3.05) is 13.7 Å². The molecule has 0 bridgehead atoms. The number of carbonyl (C=O) groups is 1. The molecule has 0 unspecified atom stereocenters. The molecule has 6 nitrogen and oxygen atoms in total. The predicted octanol–water partition coefficient (Wildman–Crippen LogP) is 2.79. The van der Waals surface area contributed by atoms with Gasteiger partial charge in [-0.3, -0.25) is 14.3 Å². The molecule has 1 aliphatic heterocycles. The summed E-state index contributed by atoms with van der Waals surface area (Å²) in [6, 6.07) is 7.84. The molecule has 2 heterocycles. The van der Waals surface area contributed by atoms with E-state index in [1.165, 1.54) is 26.4 Å². The Hall–Kier alpha value is -2.08. The lowest BCUT2D eigenvalue weighted by Gasteiger charge is -2.33.